The topological polar surface area (TPSA) is 41.6 Å². The van der Waals surface area contributed by atoms with Gasteiger partial charge in [-0.3, -0.25) is 9.69 Å². The molecule has 1 aliphatic rings. The predicted octanol–water partition coefficient (Wildman–Crippen LogP) is 7.02. The molecular weight excluding hydrogens is 476 g/mol. The second-order valence-electron chi connectivity index (χ2n) is 7.28. The molecule has 0 spiro atoms. The Morgan fingerprint density at radius 1 is 0.939 bits per heavy atom. The number of anilines is 2. The van der Waals surface area contributed by atoms with Crippen molar-refractivity contribution in [2.75, 3.05) is 16.8 Å². The Bertz CT molecular complexity index is 1180. The smallest absolute Gasteiger partial charge is 0.422 e. The predicted molar refractivity (Wildman–Crippen MR) is 123 cm³/mol. The van der Waals surface area contributed by atoms with E-state index in [1.165, 1.54) is 17.0 Å². The molecule has 4 nitrogen and oxygen atoms in total. The molecule has 0 radical (unpaired) electrons. The summed E-state index contributed by atoms with van der Waals surface area (Å²) >= 11 is 11.9. The number of carbonyl (C=O) groups is 1. The Morgan fingerprint density at radius 3 is 2.21 bits per heavy atom. The highest BCUT2D eigenvalue weighted by Crippen LogP contribution is 2.37. The van der Waals surface area contributed by atoms with Crippen molar-refractivity contribution in [3.63, 3.8) is 0 Å². The molecule has 33 heavy (non-hydrogen) atoms. The van der Waals surface area contributed by atoms with Crippen molar-refractivity contribution in [2.24, 2.45) is 0 Å². The minimum Gasteiger partial charge on any atom is -0.484 e. The average molecular weight is 493 g/mol. The molecule has 9 heteroatoms. The van der Waals surface area contributed by atoms with E-state index in [1.54, 1.807) is 66.7 Å². The van der Waals surface area contributed by atoms with Crippen molar-refractivity contribution >= 4 is 40.5 Å². The normalized spacial score (nSPS) is 16.0. The summed E-state index contributed by atoms with van der Waals surface area (Å²) in [7, 11) is 0. The lowest BCUT2D eigenvalue weighted by Crippen LogP contribution is -2.30. The lowest BCUT2D eigenvalue weighted by Gasteiger charge is -2.25. The first-order valence-corrected chi connectivity index (χ1v) is 10.6. The minimum atomic E-state index is -4.45. The summed E-state index contributed by atoms with van der Waals surface area (Å²) < 4.78 is 42.6. The van der Waals surface area contributed by atoms with Crippen LogP contribution < -0.4 is 15.0 Å². The van der Waals surface area contributed by atoms with Crippen molar-refractivity contribution < 1.29 is 22.7 Å². The van der Waals surface area contributed by atoms with Crippen molar-refractivity contribution in [3.05, 3.63) is 100 Å². The van der Waals surface area contributed by atoms with Gasteiger partial charge >= 0.3 is 6.18 Å². The van der Waals surface area contributed by atoms with Gasteiger partial charge < -0.3 is 10.1 Å². The van der Waals surface area contributed by atoms with Crippen LogP contribution in [0.1, 0.15) is 11.6 Å². The van der Waals surface area contributed by atoms with Crippen LogP contribution in [-0.2, 0) is 4.79 Å². The summed E-state index contributed by atoms with van der Waals surface area (Å²) in [6, 6.07) is 19.3. The Kier molecular flexibility index (Phi) is 6.54. The monoisotopic (exact) mass is 492 g/mol. The fourth-order valence-electron chi connectivity index (χ4n) is 3.42. The third kappa shape index (κ3) is 5.61. The van der Waals surface area contributed by atoms with E-state index in [0.29, 0.717) is 32.7 Å². The summed E-state index contributed by atoms with van der Waals surface area (Å²) in [5.74, 6) is -0.250. The number of hydrogen-bond donors (Lipinski definition) is 1. The van der Waals surface area contributed by atoms with E-state index in [9.17, 15) is 18.0 Å². The SMILES string of the molecule is O=C1C(Nc2ccc(Cl)cc2)=CC(c2cccc(OCC(F)(F)F)c2)N1c1ccc(Cl)cc1. The lowest BCUT2D eigenvalue weighted by molar-refractivity contribution is -0.153. The minimum absolute atomic E-state index is 0.0563. The van der Waals surface area contributed by atoms with Crippen LogP contribution in [0.4, 0.5) is 24.5 Å². The molecule has 0 fully saturated rings. The maximum absolute atomic E-state index is 13.3. The first kappa shape index (κ1) is 23.0. The molecule has 0 aromatic heterocycles. The van der Waals surface area contributed by atoms with Gasteiger partial charge in [-0.2, -0.15) is 13.2 Å². The summed E-state index contributed by atoms with van der Waals surface area (Å²) in [4.78, 5) is 14.9. The molecule has 0 saturated carbocycles. The number of ether oxygens (including phenoxy) is 1. The van der Waals surface area contributed by atoms with Gasteiger partial charge in [-0.25, -0.2) is 0 Å². The number of alkyl halides is 3. The molecule has 1 N–H and O–H groups in total. The van der Waals surface area contributed by atoms with Crippen molar-refractivity contribution in [3.8, 4) is 5.75 Å². The molecule has 1 aliphatic heterocycles. The van der Waals surface area contributed by atoms with Crippen LogP contribution in [0.3, 0.4) is 0 Å². The number of carbonyl (C=O) groups excluding carboxylic acids is 1. The molecule has 3 aromatic rings. The number of rotatable bonds is 6. The first-order chi connectivity index (χ1) is 15.7. The maximum atomic E-state index is 13.3. The fraction of sp³-hybridized carbons (Fsp3) is 0.125. The zero-order valence-corrected chi connectivity index (χ0v) is 18.5. The largest absolute Gasteiger partial charge is 0.484 e. The van der Waals surface area contributed by atoms with E-state index in [-0.39, 0.29) is 11.7 Å². The van der Waals surface area contributed by atoms with Crippen molar-refractivity contribution in [1.29, 1.82) is 0 Å². The number of benzene rings is 3. The number of hydrogen-bond acceptors (Lipinski definition) is 3. The van der Waals surface area contributed by atoms with Crippen molar-refractivity contribution in [1.82, 2.24) is 0 Å². The highest BCUT2D eigenvalue weighted by atomic mass is 35.5. The highest BCUT2D eigenvalue weighted by molar-refractivity contribution is 6.31. The standard InChI is InChI=1S/C24H17Cl2F3N2O2/c25-16-4-8-18(9-5-16)30-21-13-22(31(23(21)32)19-10-6-17(26)7-11-19)15-2-1-3-20(12-15)33-14-24(27,28)29/h1-13,22,30H,14H2. The molecule has 1 atom stereocenters. The molecule has 1 amide bonds. The molecule has 1 heterocycles. The van der Waals surface area contributed by atoms with Crippen LogP contribution in [0.25, 0.3) is 0 Å². The third-order valence-corrected chi connectivity index (χ3v) is 5.39. The van der Waals surface area contributed by atoms with E-state index in [4.69, 9.17) is 27.9 Å². The third-order valence-electron chi connectivity index (χ3n) is 4.88. The Morgan fingerprint density at radius 2 is 1.58 bits per heavy atom. The zero-order valence-electron chi connectivity index (χ0n) is 16.9. The van der Waals surface area contributed by atoms with Gasteiger partial charge in [0.1, 0.15) is 11.4 Å². The molecule has 3 aromatic carbocycles. The van der Waals surface area contributed by atoms with Gasteiger partial charge in [0.15, 0.2) is 6.61 Å². The molecule has 0 saturated heterocycles. The molecule has 170 valence electrons. The summed E-state index contributed by atoms with van der Waals surface area (Å²) in [6.45, 7) is -1.40. The van der Waals surface area contributed by atoms with Gasteiger partial charge in [-0.1, -0.05) is 35.3 Å². The maximum Gasteiger partial charge on any atom is 0.422 e. The van der Waals surface area contributed by atoms with Crippen molar-refractivity contribution in [2.45, 2.75) is 12.2 Å². The van der Waals surface area contributed by atoms with Gasteiger partial charge in [0.2, 0.25) is 0 Å². The first-order valence-electron chi connectivity index (χ1n) is 9.83. The van der Waals surface area contributed by atoms with Crippen LogP contribution in [0.15, 0.2) is 84.6 Å². The molecular formula is C24H17Cl2F3N2O2. The van der Waals surface area contributed by atoms with Gasteiger partial charge in [-0.05, 0) is 72.3 Å². The fourth-order valence-corrected chi connectivity index (χ4v) is 3.67. The average Bonchev–Trinajstić information content (AvgIpc) is 3.10. The van der Waals surface area contributed by atoms with Gasteiger partial charge in [0.25, 0.3) is 5.91 Å². The summed E-state index contributed by atoms with van der Waals surface area (Å²) in [5, 5.41) is 4.16. The second-order valence-corrected chi connectivity index (χ2v) is 8.16. The van der Waals surface area contributed by atoms with Crippen LogP contribution in [0, 0.1) is 0 Å². The van der Waals surface area contributed by atoms with Crippen LogP contribution in [0.2, 0.25) is 10.0 Å². The van der Waals surface area contributed by atoms with E-state index < -0.39 is 18.8 Å². The number of halogens is 5. The van der Waals surface area contributed by atoms with Crippen LogP contribution in [0.5, 0.6) is 5.75 Å². The number of amides is 1. The molecule has 0 aliphatic carbocycles. The summed E-state index contributed by atoms with van der Waals surface area (Å²) in [6.07, 6.45) is -2.74. The van der Waals surface area contributed by atoms with Gasteiger partial charge in [-0.15, -0.1) is 0 Å². The molecule has 1 unspecified atom stereocenters. The Labute approximate surface area is 198 Å². The summed E-state index contributed by atoms with van der Waals surface area (Å²) in [5.41, 5.74) is 2.16. The number of nitrogens with zero attached hydrogens (tertiary/aromatic N) is 1. The van der Waals surface area contributed by atoms with Crippen LogP contribution in [-0.4, -0.2) is 18.7 Å². The zero-order chi connectivity index (χ0) is 23.6. The number of nitrogens with one attached hydrogen (secondary N) is 1. The van der Waals surface area contributed by atoms with Gasteiger partial charge in [0.05, 0.1) is 6.04 Å². The Hall–Kier alpha value is -3.16. The molecule has 0 bridgehead atoms. The highest BCUT2D eigenvalue weighted by Gasteiger charge is 2.35. The lowest BCUT2D eigenvalue weighted by atomic mass is 10.1. The van der Waals surface area contributed by atoms with E-state index in [0.717, 1.165) is 0 Å². The Balaban J connectivity index is 1.68. The second kappa shape index (κ2) is 9.37. The van der Waals surface area contributed by atoms with E-state index >= 15 is 0 Å². The van der Waals surface area contributed by atoms with E-state index in [2.05, 4.69) is 5.32 Å². The quantitative estimate of drug-likeness (QED) is 0.402. The van der Waals surface area contributed by atoms with E-state index in [1.807, 2.05) is 0 Å². The van der Waals surface area contributed by atoms with Crippen LogP contribution >= 0.6 is 23.2 Å². The molecule has 4 rings (SSSR count). The van der Waals surface area contributed by atoms with Gasteiger partial charge in [0, 0.05) is 21.4 Å².